The third-order valence-electron chi connectivity index (χ3n) is 4.68. The van der Waals surface area contributed by atoms with Gasteiger partial charge in [-0.2, -0.15) is 0 Å². The predicted molar refractivity (Wildman–Crippen MR) is 110 cm³/mol. The molecule has 0 radical (unpaired) electrons. The van der Waals surface area contributed by atoms with Gasteiger partial charge in [-0.1, -0.05) is 17.7 Å². The van der Waals surface area contributed by atoms with E-state index in [1.54, 1.807) is 4.90 Å². The number of rotatable bonds is 6. The predicted octanol–water partition coefficient (Wildman–Crippen LogP) is 3.15. The van der Waals surface area contributed by atoms with Gasteiger partial charge in [0.2, 0.25) is 11.8 Å². The molecule has 2 aromatic carbocycles. The van der Waals surface area contributed by atoms with Crippen molar-refractivity contribution in [2.75, 3.05) is 43.8 Å². The number of amides is 2. The number of piperazine rings is 1. The van der Waals surface area contributed by atoms with Crippen molar-refractivity contribution in [3.63, 3.8) is 0 Å². The molecule has 1 saturated heterocycles. The number of benzene rings is 2. The molecule has 29 heavy (non-hydrogen) atoms. The lowest BCUT2D eigenvalue weighted by atomic mass is 10.2. The maximum Gasteiger partial charge on any atom is 0.238 e. The SMILES string of the molecule is Cc1ccc(NC(=O)CN2CCN(C(=O)CSc3ccc(F)c(F)c3)CC2)cc1. The number of thioether (sulfide) groups is 1. The zero-order valence-corrected chi connectivity index (χ0v) is 17.0. The minimum atomic E-state index is -0.917. The van der Waals surface area contributed by atoms with Gasteiger partial charge in [0.25, 0.3) is 0 Å². The number of halogens is 2. The van der Waals surface area contributed by atoms with Crippen LogP contribution in [0.4, 0.5) is 14.5 Å². The molecular weight excluding hydrogens is 396 g/mol. The van der Waals surface area contributed by atoms with E-state index in [0.29, 0.717) is 31.1 Å². The number of hydrogen-bond acceptors (Lipinski definition) is 4. The van der Waals surface area contributed by atoms with Crippen LogP contribution in [0.25, 0.3) is 0 Å². The largest absolute Gasteiger partial charge is 0.339 e. The zero-order valence-electron chi connectivity index (χ0n) is 16.2. The lowest BCUT2D eigenvalue weighted by Gasteiger charge is -2.34. The second-order valence-corrected chi connectivity index (χ2v) is 7.98. The fourth-order valence-corrected chi connectivity index (χ4v) is 3.82. The summed E-state index contributed by atoms with van der Waals surface area (Å²) in [5.74, 6) is -1.78. The first-order valence-electron chi connectivity index (χ1n) is 9.35. The fourth-order valence-electron chi connectivity index (χ4n) is 3.00. The van der Waals surface area contributed by atoms with Crippen LogP contribution in [-0.2, 0) is 9.59 Å². The van der Waals surface area contributed by atoms with E-state index >= 15 is 0 Å². The maximum atomic E-state index is 13.2. The maximum absolute atomic E-state index is 13.2. The first kappa shape index (κ1) is 21.3. The fraction of sp³-hybridized carbons (Fsp3) is 0.333. The second-order valence-electron chi connectivity index (χ2n) is 6.94. The molecule has 1 fully saturated rings. The van der Waals surface area contributed by atoms with Crippen LogP contribution in [0.15, 0.2) is 47.4 Å². The molecule has 3 rings (SSSR count). The van der Waals surface area contributed by atoms with Crippen LogP contribution in [0.2, 0.25) is 0 Å². The van der Waals surface area contributed by atoms with E-state index in [1.165, 1.54) is 17.8 Å². The summed E-state index contributed by atoms with van der Waals surface area (Å²) in [5.41, 5.74) is 1.90. The van der Waals surface area contributed by atoms with Crippen LogP contribution in [-0.4, -0.2) is 60.1 Å². The quantitative estimate of drug-likeness (QED) is 0.731. The molecule has 0 aliphatic carbocycles. The summed E-state index contributed by atoms with van der Waals surface area (Å²) in [7, 11) is 0. The Morgan fingerprint density at radius 1 is 1.00 bits per heavy atom. The first-order valence-corrected chi connectivity index (χ1v) is 10.3. The number of aryl methyl sites for hydroxylation is 1. The smallest absolute Gasteiger partial charge is 0.238 e. The lowest BCUT2D eigenvalue weighted by molar-refractivity contribution is -0.130. The van der Waals surface area contributed by atoms with Gasteiger partial charge >= 0.3 is 0 Å². The molecule has 1 aliphatic heterocycles. The van der Waals surface area contributed by atoms with E-state index in [0.717, 1.165) is 23.4 Å². The van der Waals surface area contributed by atoms with E-state index in [4.69, 9.17) is 0 Å². The van der Waals surface area contributed by atoms with Gasteiger partial charge in [0.15, 0.2) is 11.6 Å². The van der Waals surface area contributed by atoms with Gasteiger partial charge in [0.05, 0.1) is 12.3 Å². The molecule has 2 amide bonds. The van der Waals surface area contributed by atoms with Gasteiger partial charge in [0.1, 0.15) is 0 Å². The minimum absolute atomic E-state index is 0.0523. The van der Waals surface area contributed by atoms with Gasteiger partial charge in [-0.05, 0) is 37.3 Å². The molecule has 0 spiro atoms. The van der Waals surface area contributed by atoms with Gasteiger partial charge in [-0.15, -0.1) is 11.8 Å². The topological polar surface area (TPSA) is 52.7 Å². The van der Waals surface area contributed by atoms with E-state index < -0.39 is 11.6 Å². The van der Waals surface area contributed by atoms with E-state index in [2.05, 4.69) is 5.32 Å². The normalized spacial score (nSPS) is 14.7. The van der Waals surface area contributed by atoms with Crippen LogP contribution >= 0.6 is 11.8 Å². The number of nitrogens with zero attached hydrogens (tertiary/aromatic N) is 2. The molecule has 1 heterocycles. The van der Waals surface area contributed by atoms with E-state index in [1.807, 2.05) is 36.1 Å². The molecule has 1 N–H and O–H groups in total. The van der Waals surface area contributed by atoms with Gasteiger partial charge in [-0.3, -0.25) is 14.5 Å². The third-order valence-corrected chi connectivity index (χ3v) is 5.66. The molecule has 5 nitrogen and oxygen atoms in total. The standard InChI is InChI=1S/C21H23F2N3O2S/c1-15-2-4-16(5-3-15)24-20(27)13-25-8-10-26(11-9-25)21(28)14-29-17-6-7-18(22)19(23)12-17/h2-7,12H,8-11,13-14H2,1H3,(H,24,27). The van der Waals surface area contributed by atoms with Crippen molar-refractivity contribution in [3.8, 4) is 0 Å². The van der Waals surface area contributed by atoms with Gasteiger partial charge in [0, 0.05) is 36.8 Å². The Balaban J connectivity index is 1.40. The molecule has 1 aliphatic rings. The van der Waals surface area contributed by atoms with Crippen LogP contribution in [0.1, 0.15) is 5.56 Å². The van der Waals surface area contributed by atoms with Crippen LogP contribution < -0.4 is 5.32 Å². The van der Waals surface area contributed by atoms with Crippen molar-refractivity contribution < 1.29 is 18.4 Å². The second kappa shape index (κ2) is 9.84. The molecule has 2 aromatic rings. The van der Waals surface area contributed by atoms with Gasteiger partial charge in [-0.25, -0.2) is 8.78 Å². The summed E-state index contributed by atoms with van der Waals surface area (Å²) in [6.45, 7) is 4.57. The summed E-state index contributed by atoms with van der Waals surface area (Å²) in [6, 6.07) is 11.2. The van der Waals surface area contributed by atoms with Crippen molar-refractivity contribution in [1.29, 1.82) is 0 Å². The Bertz CT molecular complexity index is 869. The molecule has 0 unspecified atom stereocenters. The summed E-state index contributed by atoms with van der Waals surface area (Å²) in [5, 5.41) is 2.88. The van der Waals surface area contributed by atoms with Gasteiger partial charge < -0.3 is 10.2 Å². The average Bonchev–Trinajstić information content (AvgIpc) is 2.71. The molecule has 0 aromatic heterocycles. The highest BCUT2D eigenvalue weighted by Gasteiger charge is 2.22. The van der Waals surface area contributed by atoms with Crippen LogP contribution in [0.3, 0.4) is 0 Å². The molecule has 154 valence electrons. The number of carbonyl (C=O) groups excluding carboxylic acids is 2. The highest BCUT2D eigenvalue weighted by atomic mass is 32.2. The highest BCUT2D eigenvalue weighted by Crippen LogP contribution is 2.21. The summed E-state index contributed by atoms with van der Waals surface area (Å²) < 4.78 is 26.2. The molecule has 8 heteroatoms. The molecule has 0 atom stereocenters. The van der Waals surface area contributed by atoms with Crippen LogP contribution in [0.5, 0.6) is 0 Å². The summed E-state index contributed by atoms with van der Waals surface area (Å²) in [6.07, 6.45) is 0. The summed E-state index contributed by atoms with van der Waals surface area (Å²) >= 11 is 1.18. The molecule has 0 saturated carbocycles. The Hall–Kier alpha value is -2.45. The van der Waals surface area contributed by atoms with Crippen molar-refractivity contribution in [2.45, 2.75) is 11.8 Å². The Labute approximate surface area is 173 Å². The van der Waals surface area contributed by atoms with Crippen molar-refractivity contribution in [1.82, 2.24) is 9.80 Å². The van der Waals surface area contributed by atoms with Crippen molar-refractivity contribution in [2.24, 2.45) is 0 Å². The summed E-state index contributed by atoms with van der Waals surface area (Å²) in [4.78, 5) is 28.8. The number of hydrogen-bond donors (Lipinski definition) is 1. The monoisotopic (exact) mass is 419 g/mol. The van der Waals surface area contributed by atoms with Crippen molar-refractivity contribution >= 4 is 29.3 Å². The first-order chi connectivity index (χ1) is 13.9. The third kappa shape index (κ3) is 6.27. The number of carbonyl (C=O) groups is 2. The molecular formula is C21H23F2N3O2S. The Kier molecular flexibility index (Phi) is 7.22. The number of anilines is 1. The average molecular weight is 419 g/mol. The zero-order chi connectivity index (χ0) is 20.8. The Morgan fingerprint density at radius 2 is 1.69 bits per heavy atom. The Morgan fingerprint density at radius 3 is 2.34 bits per heavy atom. The van der Waals surface area contributed by atoms with E-state index in [-0.39, 0.29) is 24.1 Å². The number of nitrogens with one attached hydrogen (secondary N) is 1. The minimum Gasteiger partial charge on any atom is -0.339 e. The molecule has 0 bridgehead atoms. The van der Waals surface area contributed by atoms with Crippen LogP contribution in [0, 0.1) is 18.6 Å². The highest BCUT2D eigenvalue weighted by molar-refractivity contribution is 8.00. The van der Waals surface area contributed by atoms with Crippen molar-refractivity contribution in [3.05, 3.63) is 59.7 Å². The van der Waals surface area contributed by atoms with E-state index in [9.17, 15) is 18.4 Å². The lowest BCUT2D eigenvalue weighted by Crippen LogP contribution is -2.50.